The molecule has 0 heterocycles. The molecular weight excluding hydrogens is 200 g/mol. The zero-order chi connectivity index (χ0) is 12.3. The van der Waals surface area contributed by atoms with Gasteiger partial charge in [-0.15, -0.1) is 0 Å². The second-order valence-corrected chi connectivity index (χ2v) is 4.47. The lowest BCUT2D eigenvalue weighted by Gasteiger charge is -2.22. The Hall–Kier alpha value is -1.54. The van der Waals surface area contributed by atoms with Crippen molar-refractivity contribution in [2.45, 2.75) is 26.4 Å². The molecule has 0 aliphatic carbocycles. The molecule has 1 rings (SSSR count). The van der Waals surface area contributed by atoms with Crippen molar-refractivity contribution in [2.24, 2.45) is 0 Å². The Morgan fingerprint density at radius 1 is 1.25 bits per heavy atom. The fourth-order valence-electron chi connectivity index (χ4n) is 1.51. The van der Waals surface area contributed by atoms with Crippen LogP contribution in [0.1, 0.15) is 25.0 Å². The minimum atomic E-state index is -1.01. The lowest BCUT2D eigenvalue weighted by atomic mass is 9.90. The Kier molecular flexibility index (Phi) is 3.55. The van der Waals surface area contributed by atoms with Crippen LogP contribution in [0.2, 0.25) is 0 Å². The highest BCUT2D eigenvalue weighted by atomic mass is 16.3. The highest BCUT2D eigenvalue weighted by Crippen LogP contribution is 2.27. The Labute approximate surface area is 96.6 Å². The van der Waals surface area contributed by atoms with Crippen molar-refractivity contribution >= 4 is 5.57 Å². The third kappa shape index (κ3) is 3.24. The van der Waals surface area contributed by atoms with Gasteiger partial charge in [-0.25, -0.2) is 0 Å². The fraction of sp³-hybridized carbons (Fsp3) is 0.286. The summed E-state index contributed by atoms with van der Waals surface area (Å²) in [5.41, 5.74) is 1.68. The fourth-order valence-corrected chi connectivity index (χ4v) is 1.51. The largest absolute Gasteiger partial charge is 0.509 e. The van der Waals surface area contributed by atoms with Gasteiger partial charge in [0.2, 0.25) is 0 Å². The summed E-state index contributed by atoms with van der Waals surface area (Å²) in [4.78, 5) is 0. The van der Waals surface area contributed by atoms with E-state index in [-0.39, 0.29) is 5.76 Å². The van der Waals surface area contributed by atoms with Gasteiger partial charge in [-0.05, 0) is 38.0 Å². The van der Waals surface area contributed by atoms with E-state index >= 15 is 0 Å². The van der Waals surface area contributed by atoms with Gasteiger partial charge in [-0.2, -0.15) is 0 Å². The number of hydrogen-bond acceptors (Lipinski definition) is 2. The van der Waals surface area contributed by atoms with Crippen LogP contribution in [0.3, 0.4) is 0 Å². The average Bonchev–Trinajstić information content (AvgIpc) is 2.14. The molecule has 0 fully saturated rings. The van der Waals surface area contributed by atoms with Crippen molar-refractivity contribution < 1.29 is 10.2 Å². The molecule has 1 aromatic rings. The van der Waals surface area contributed by atoms with Gasteiger partial charge in [0.1, 0.15) is 5.76 Å². The monoisotopic (exact) mass is 218 g/mol. The van der Waals surface area contributed by atoms with Crippen LogP contribution in [0.5, 0.6) is 0 Å². The summed E-state index contributed by atoms with van der Waals surface area (Å²) in [7, 11) is 0. The van der Waals surface area contributed by atoms with Crippen molar-refractivity contribution in [2.75, 3.05) is 0 Å². The number of aryl methyl sites for hydroxylation is 1. The Morgan fingerprint density at radius 3 is 2.12 bits per heavy atom. The number of benzene rings is 1. The molecule has 0 amide bonds. The number of aliphatic hydroxyl groups is 2. The lowest BCUT2D eigenvalue weighted by Crippen LogP contribution is -2.21. The standard InChI is InChI=1S/C14H18O2/c1-10-5-7-12(8-6-10)13(9-11(2)15)14(3,4)16/h5-9,15-16H,2H2,1,3-4H3/b13-9-. The van der Waals surface area contributed by atoms with Crippen LogP contribution in [0.4, 0.5) is 0 Å². The van der Waals surface area contributed by atoms with Crippen LogP contribution in [-0.2, 0) is 0 Å². The van der Waals surface area contributed by atoms with Crippen molar-refractivity contribution in [1.82, 2.24) is 0 Å². The summed E-state index contributed by atoms with van der Waals surface area (Å²) in [5, 5.41) is 19.2. The average molecular weight is 218 g/mol. The molecule has 0 unspecified atom stereocenters. The molecule has 0 atom stereocenters. The predicted molar refractivity (Wildman–Crippen MR) is 67.2 cm³/mol. The van der Waals surface area contributed by atoms with Crippen LogP contribution in [0.25, 0.3) is 5.57 Å². The van der Waals surface area contributed by atoms with E-state index in [1.807, 2.05) is 31.2 Å². The molecule has 0 aromatic heterocycles. The van der Waals surface area contributed by atoms with Gasteiger partial charge in [0.15, 0.2) is 0 Å². The Balaban J connectivity index is 3.23. The van der Waals surface area contributed by atoms with E-state index in [0.717, 1.165) is 11.1 Å². The number of allylic oxidation sites excluding steroid dienone is 1. The maximum absolute atomic E-state index is 10.0. The summed E-state index contributed by atoms with van der Waals surface area (Å²) in [5.74, 6) is -0.0577. The molecule has 0 spiro atoms. The maximum atomic E-state index is 10.0. The van der Waals surface area contributed by atoms with Crippen LogP contribution in [0.15, 0.2) is 42.7 Å². The number of hydrogen-bond donors (Lipinski definition) is 2. The first-order chi connectivity index (χ1) is 7.30. The minimum Gasteiger partial charge on any atom is -0.509 e. The summed E-state index contributed by atoms with van der Waals surface area (Å²) in [6, 6.07) is 7.77. The van der Waals surface area contributed by atoms with E-state index in [2.05, 4.69) is 6.58 Å². The van der Waals surface area contributed by atoms with Gasteiger partial charge in [-0.1, -0.05) is 36.4 Å². The van der Waals surface area contributed by atoms with Gasteiger partial charge in [0, 0.05) is 0 Å². The molecule has 2 N–H and O–H groups in total. The normalized spacial score (nSPS) is 12.6. The van der Waals surface area contributed by atoms with E-state index < -0.39 is 5.60 Å². The van der Waals surface area contributed by atoms with Crippen LogP contribution in [-0.4, -0.2) is 15.8 Å². The number of rotatable bonds is 3. The topological polar surface area (TPSA) is 40.5 Å². The summed E-state index contributed by atoms with van der Waals surface area (Å²) in [6.45, 7) is 8.79. The zero-order valence-corrected chi connectivity index (χ0v) is 9.99. The molecule has 2 nitrogen and oxygen atoms in total. The van der Waals surface area contributed by atoms with E-state index in [1.165, 1.54) is 6.08 Å². The van der Waals surface area contributed by atoms with E-state index in [9.17, 15) is 10.2 Å². The minimum absolute atomic E-state index is 0.0577. The van der Waals surface area contributed by atoms with Crippen molar-refractivity contribution in [3.8, 4) is 0 Å². The summed E-state index contributed by atoms with van der Waals surface area (Å²) in [6.07, 6.45) is 1.49. The first kappa shape index (κ1) is 12.5. The molecule has 0 radical (unpaired) electrons. The second kappa shape index (κ2) is 4.54. The molecule has 0 saturated heterocycles. The molecule has 0 aliphatic rings. The third-order valence-corrected chi connectivity index (χ3v) is 2.33. The molecular formula is C14H18O2. The summed E-state index contributed by atoms with van der Waals surface area (Å²) >= 11 is 0. The summed E-state index contributed by atoms with van der Waals surface area (Å²) < 4.78 is 0. The molecule has 2 heteroatoms. The predicted octanol–water partition coefficient (Wildman–Crippen LogP) is 3.22. The van der Waals surface area contributed by atoms with Gasteiger partial charge in [-0.3, -0.25) is 0 Å². The highest BCUT2D eigenvalue weighted by Gasteiger charge is 2.20. The second-order valence-electron chi connectivity index (χ2n) is 4.47. The van der Waals surface area contributed by atoms with Crippen LogP contribution >= 0.6 is 0 Å². The van der Waals surface area contributed by atoms with Crippen molar-refractivity contribution in [3.05, 3.63) is 53.8 Å². The van der Waals surface area contributed by atoms with Gasteiger partial charge in [0.25, 0.3) is 0 Å². The quantitative estimate of drug-likeness (QED) is 0.604. The Morgan fingerprint density at radius 2 is 1.75 bits per heavy atom. The van der Waals surface area contributed by atoms with Crippen LogP contribution < -0.4 is 0 Å². The highest BCUT2D eigenvalue weighted by molar-refractivity contribution is 5.73. The third-order valence-electron chi connectivity index (χ3n) is 2.33. The maximum Gasteiger partial charge on any atom is 0.108 e. The van der Waals surface area contributed by atoms with Crippen LogP contribution in [0, 0.1) is 6.92 Å². The zero-order valence-electron chi connectivity index (χ0n) is 9.99. The SMILES string of the molecule is C=C(O)/C=C(/c1ccc(C)cc1)C(C)(C)O. The lowest BCUT2D eigenvalue weighted by molar-refractivity contribution is 0.143. The number of aliphatic hydroxyl groups excluding tert-OH is 1. The van der Waals surface area contributed by atoms with E-state index in [0.29, 0.717) is 5.57 Å². The Bertz CT molecular complexity index is 405. The smallest absolute Gasteiger partial charge is 0.108 e. The van der Waals surface area contributed by atoms with Crippen molar-refractivity contribution in [3.63, 3.8) is 0 Å². The first-order valence-corrected chi connectivity index (χ1v) is 5.20. The molecule has 0 saturated carbocycles. The molecule has 0 aliphatic heterocycles. The van der Waals surface area contributed by atoms with E-state index in [4.69, 9.17) is 0 Å². The van der Waals surface area contributed by atoms with Gasteiger partial charge < -0.3 is 10.2 Å². The molecule has 0 bridgehead atoms. The van der Waals surface area contributed by atoms with Gasteiger partial charge in [0.05, 0.1) is 5.60 Å². The molecule has 86 valence electrons. The van der Waals surface area contributed by atoms with E-state index in [1.54, 1.807) is 13.8 Å². The first-order valence-electron chi connectivity index (χ1n) is 5.20. The van der Waals surface area contributed by atoms with Gasteiger partial charge >= 0.3 is 0 Å². The van der Waals surface area contributed by atoms with Crippen molar-refractivity contribution in [1.29, 1.82) is 0 Å². The molecule has 16 heavy (non-hydrogen) atoms. The molecule has 1 aromatic carbocycles.